The highest BCUT2D eigenvalue weighted by molar-refractivity contribution is 5.26. The van der Waals surface area contributed by atoms with Crippen LogP contribution in [-0.2, 0) is 13.1 Å². The average molecular weight is 220 g/mol. The summed E-state index contributed by atoms with van der Waals surface area (Å²) >= 11 is 0. The van der Waals surface area contributed by atoms with E-state index in [0.717, 1.165) is 19.6 Å². The fourth-order valence-corrected chi connectivity index (χ4v) is 1.72. The van der Waals surface area contributed by atoms with E-state index in [-0.39, 0.29) is 0 Å². The zero-order valence-corrected chi connectivity index (χ0v) is 11.0. The summed E-state index contributed by atoms with van der Waals surface area (Å²) in [5, 5.41) is 3.50. The van der Waals surface area contributed by atoms with Crippen molar-refractivity contribution in [3.8, 4) is 0 Å². The van der Waals surface area contributed by atoms with Gasteiger partial charge in [-0.3, -0.25) is 0 Å². The minimum absolute atomic E-state index is 0.709. The van der Waals surface area contributed by atoms with Crippen LogP contribution in [0.25, 0.3) is 0 Å². The van der Waals surface area contributed by atoms with Crippen LogP contribution < -0.4 is 5.32 Å². The van der Waals surface area contributed by atoms with Gasteiger partial charge in [-0.15, -0.1) is 0 Å². The zero-order chi connectivity index (χ0) is 12.0. The van der Waals surface area contributed by atoms with Gasteiger partial charge in [0.1, 0.15) is 0 Å². The Hall–Kier alpha value is -0.860. The van der Waals surface area contributed by atoms with Crippen LogP contribution in [0.5, 0.6) is 0 Å². The van der Waals surface area contributed by atoms with Gasteiger partial charge in [0.15, 0.2) is 0 Å². The van der Waals surface area contributed by atoms with E-state index in [1.807, 2.05) is 0 Å². The van der Waals surface area contributed by atoms with E-state index in [2.05, 4.69) is 62.4 Å². The van der Waals surface area contributed by atoms with E-state index in [1.54, 1.807) is 0 Å². The van der Waals surface area contributed by atoms with Crippen molar-refractivity contribution < 1.29 is 0 Å². The fraction of sp³-hybridized carbons (Fsp3) is 0.571. The third-order valence-electron chi connectivity index (χ3n) is 2.47. The maximum atomic E-state index is 3.50. The Labute approximate surface area is 99.7 Å². The second-order valence-electron chi connectivity index (χ2n) is 5.03. The van der Waals surface area contributed by atoms with Crippen molar-refractivity contribution in [2.75, 3.05) is 20.6 Å². The first-order valence-electron chi connectivity index (χ1n) is 6.02. The normalized spacial score (nSPS) is 11.4. The maximum absolute atomic E-state index is 3.50. The first kappa shape index (κ1) is 13.2. The van der Waals surface area contributed by atoms with Gasteiger partial charge < -0.3 is 10.2 Å². The standard InChI is InChI=1S/C14H24N2/c1-12(2)9-15-10-13-7-5-6-8-14(13)11-16(3)4/h5-8,12,15H,9-11H2,1-4H3. The fourth-order valence-electron chi connectivity index (χ4n) is 1.72. The first-order chi connectivity index (χ1) is 7.59. The van der Waals surface area contributed by atoms with Gasteiger partial charge in [-0.1, -0.05) is 38.1 Å². The SMILES string of the molecule is CC(C)CNCc1ccccc1CN(C)C. The molecule has 0 fully saturated rings. The molecule has 0 amide bonds. The second-order valence-corrected chi connectivity index (χ2v) is 5.03. The summed E-state index contributed by atoms with van der Waals surface area (Å²) in [4.78, 5) is 2.21. The van der Waals surface area contributed by atoms with E-state index in [0.29, 0.717) is 5.92 Å². The number of rotatable bonds is 6. The van der Waals surface area contributed by atoms with Crippen molar-refractivity contribution in [3.05, 3.63) is 35.4 Å². The summed E-state index contributed by atoms with van der Waals surface area (Å²) in [5.74, 6) is 0.709. The van der Waals surface area contributed by atoms with Gasteiger partial charge >= 0.3 is 0 Å². The Balaban J connectivity index is 2.56. The first-order valence-corrected chi connectivity index (χ1v) is 6.02. The summed E-state index contributed by atoms with van der Waals surface area (Å²) < 4.78 is 0. The Morgan fingerprint density at radius 3 is 2.31 bits per heavy atom. The number of hydrogen-bond donors (Lipinski definition) is 1. The molecule has 1 aromatic rings. The van der Waals surface area contributed by atoms with E-state index in [9.17, 15) is 0 Å². The lowest BCUT2D eigenvalue weighted by atomic mass is 10.1. The minimum atomic E-state index is 0.709. The topological polar surface area (TPSA) is 15.3 Å². The smallest absolute Gasteiger partial charge is 0.0230 e. The minimum Gasteiger partial charge on any atom is -0.312 e. The highest BCUT2D eigenvalue weighted by atomic mass is 15.0. The Kier molecular flexibility index (Phi) is 5.50. The van der Waals surface area contributed by atoms with Gasteiger partial charge in [-0.05, 0) is 37.7 Å². The predicted molar refractivity (Wildman–Crippen MR) is 70.4 cm³/mol. The molecule has 0 spiro atoms. The Morgan fingerprint density at radius 1 is 1.12 bits per heavy atom. The third-order valence-corrected chi connectivity index (χ3v) is 2.47. The summed E-state index contributed by atoms with van der Waals surface area (Å²) in [6.07, 6.45) is 0. The summed E-state index contributed by atoms with van der Waals surface area (Å²) in [6, 6.07) is 8.66. The van der Waals surface area contributed by atoms with E-state index < -0.39 is 0 Å². The van der Waals surface area contributed by atoms with Crippen LogP contribution in [-0.4, -0.2) is 25.5 Å². The quantitative estimate of drug-likeness (QED) is 0.792. The summed E-state index contributed by atoms with van der Waals surface area (Å²) in [5.41, 5.74) is 2.83. The molecule has 0 aliphatic rings. The lowest BCUT2D eigenvalue weighted by molar-refractivity contribution is 0.400. The van der Waals surface area contributed by atoms with Crippen molar-refractivity contribution in [1.29, 1.82) is 0 Å². The molecule has 2 nitrogen and oxygen atoms in total. The van der Waals surface area contributed by atoms with Crippen molar-refractivity contribution in [1.82, 2.24) is 10.2 Å². The van der Waals surface area contributed by atoms with Crippen LogP contribution in [0.4, 0.5) is 0 Å². The van der Waals surface area contributed by atoms with Gasteiger partial charge in [-0.2, -0.15) is 0 Å². The molecule has 0 heterocycles. The van der Waals surface area contributed by atoms with Crippen molar-refractivity contribution in [2.45, 2.75) is 26.9 Å². The van der Waals surface area contributed by atoms with Crippen molar-refractivity contribution >= 4 is 0 Å². The van der Waals surface area contributed by atoms with Gasteiger partial charge in [0.25, 0.3) is 0 Å². The van der Waals surface area contributed by atoms with Crippen molar-refractivity contribution in [2.24, 2.45) is 5.92 Å². The number of benzene rings is 1. The third kappa shape index (κ3) is 4.77. The van der Waals surface area contributed by atoms with E-state index in [1.165, 1.54) is 11.1 Å². The lowest BCUT2D eigenvalue weighted by Crippen LogP contribution is -2.21. The molecule has 16 heavy (non-hydrogen) atoms. The van der Waals surface area contributed by atoms with Crippen LogP contribution in [0, 0.1) is 5.92 Å². The van der Waals surface area contributed by atoms with Gasteiger partial charge in [0.2, 0.25) is 0 Å². The maximum Gasteiger partial charge on any atom is 0.0230 e. The Bertz CT molecular complexity index is 305. The van der Waals surface area contributed by atoms with Gasteiger partial charge in [0, 0.05) is 13.1 Å². The summed E-state index contributed by atoms with van der Waals surface area (Å²) in [7, 11) is 4.22. The predicted octanol–water partition coefficient (Wildman–Crippen LogP) is 2.49. The molecule has 0 radical (unpaired) electrons. The molecule has 1 N–H and O–H groups in total. The molecule has 0 aromatic heterocycles. The lowest BCUT2D eigenvalue weighted by Gasteiger charge is -2.15. The molecule has 2 heteroatoms. The molecule has 0 atom stereocenters. The highest BCUT2D eigenvalue weighted by Gasteiger charge is 2.02. The molecule has 0 saturated carbocycles. The van der Waals surface area contributed by atoms with Crippen LogP contribution in [0.2, 0.25) is 0 Å². The molecule has 1 rings (SSSR count). The molecule has 90 valence electrons. The van der Waals surface area contributed by atoms with Crippen molar-refractivity contribution in [3.63, 3.8) is 0 Å². The zero-order valence-electron chi connectivity index (χ0n) is 11.0. The number of nitrogens with zero attached hydrogens (tertiary/aromatic N) is 1. The molecular weight excluding hydrogens is 196 g/mol. The average Bonchev–Trinajstić information content (AvgIpc) is 2.19. The number of hydrogen-bond acceptors (Lipinski definition) is 2. The van der Waals surface area contributed by atoms with Crippen LogP contribution in [0.1, 0.15) is 25.0 Å². The number of nitrogens with one attached hydrogen (secondary N) is 1. The molecule has 0 aliphatic heterocycles. The largest absolute Gasteiger partial charge is 0.312 e. The van der Waals surface area contributed by atoms with Crippen LogP contribution in [0.15, 0.2) is 24.3 Å². The summed E-state index contributed by atoms with van der Waals surface area (Å²) in [6.45, 7) is 7.54. The van der Waals surface area contributed by atoms with Gasteiger partial charge in [-0.25, -0.2) is 0 Å². The highest BCUT2D eigenvalue weighted by Crippen LogP contribution is 2.10. The van der Waals surface area contributed by atoms with Crippen LogP contribution in [0.3, 0.4) is 0 Å². The molecule has 0 aliphatic carbocycles. The molecule has 0 bridgehead atoms. The molecule has 0 unspecified atom stereocenters. The monoisotopic (exact) mass is 220 g/mol. The van der Waals surface area contributed by atoms with Gasteiger partial charge in [0.05, 0.1) is 0 Å². The van der Waals surface area contributed by atoms with E-state index in [4.69, 9.17) is 0 Å². The Morgan fingerprint density at radius 2 is 1.75 bits per heavy atom. The molecule has 0 saturated heterocycles. The molecular formula is C14H24N2. The second kappa shape index (κ2) is 6.66. The van der Waals surface area contributed by atoms with E-state index >= 15 is 0 Å². The molecule has 1 aromatic carbocycles. The van der Waals surface area contributed by atoms with Crippen LogP contribution >= 0.6 is 0 Å².